The van der Waals surface area contributed by atoms with Crippen LogP contribution in [-0.4, -0.2) is 22.9 Å². The molecule has 0 heterocycles. The highest BCUT2D eigenvalue weighted by Gasteiger charge is 2.02. The minimum atomic E-state index is -0.519. The van der Waals surface area contributed by atoms with E-state index in [4.69, 9.17) is 10.2 Å². The van der Waals surface area contributed by atoms with E-state index in [0.717, 1.165) is 0 Å². The molecule has 0 aromatic heterocycles. The number of aliphatic hydroxyl groups excluding tert-OH is 2. The lowest BCUT2D eigenvalue weighted by Gasteiger charge is -2.08. The van der Waals surface area contributed by atoms with E-state index in [0.29, 0.717) is 12.3 Å². The van der Waals surface area contributed by atoms with Gasteiger partial charge in [-0.3, -0.25) is 0 Å². The second kappa shape index (κ2) is 6.39. The summed E-state index contributed by atoms with van der Waals surface area (Å²) in [6, 6.07) is 0. The molecule has 0 saturated heterocycles. The van der Waals surface area contributed by atoms with E-state index >= 15 is 0 Å². The highest BCUT2D eigenvalue weighted by molar-refractivity contribution is 7.59. The number of rotatable bonds is 3. The smallest absolute Gasteiger partial charge is 0.0773 e. The first kappa shape index (κ1) is 12.0. The highest BCUT2D eigenvalue weighted by atomic mass is 32.1. The van der Waals surface area contributed by atoms with Crippen LogP contribution in [0.1, 0.15) is 20.3 Å². The molecule has 0 radical (unpaired) electrons. The Kier molecular flexibility index (Phi) is 8.52. The molecule has 0 aliphatic rings. The maximum absolute atomic E-state index is 8.78. The molecule has 0 spiro atoms. The third kappa shape index (κ3) is 8.27. The normalized spacial score (nSPS) is 13.0. The maximum atomic E-state index is 8.78. The molecule has 0 aliphatic carbocycles. The first-order valence-electron chi connectivity index (χ1n) is 2.95. The van der Waals surface area contributed by atoms with Gasteiger partial charge in [-0.15, -0.1) is 0 Å². The topological polar surface area (TPSA) is 40.5 Å². The fourth-order valence-electron chi connectivity index (χ4n) is 0.619. The average molecular weight is 152 g/mol. The van der Waals surface area contributed by atoms with Crippen molar-refractivity contribution in [3.05, 3.63) is 0 Å². The first-order chi connectivity index (χ1) is 3.66. The van der Waals surface area contributed by atoms with Crippen LogP contribution in [0.25, 0.3) is 0 Å². The Morgan fingerprint density at radius 3 is 1.89 bits per heavy atom. The second-order valence-electron chi connectivity index (χ2n) is 2.47. The summed E-state index contributed by atoms with van der Waals surface area (Å²) < 4.78 is 0. The van der Waals surface area contributed by atoms with Crippen molar-refractivity contribution in [1.82, 2.24) is 0 Å². The van der Waals surface area contributed by atoms with E-state index in [-0.39, 0.29) is 20.1 Å². The van der Waals surface area contributed by atoms with Crippen LogP contribution in [0.5, 0.6) is 0 Å². The van der Waals surface area contributed by atoms with E-state index in [9.17, 15) is 0 Å². The molecule has 58 valence electrons. The standard InChI is InChI=1S/C6H14O2.H2S/c1-5(2)3-6(8)4-7;/h5-8H,3-4H2,1-2H3;1H2/t6-;/m0./s1. The van der Waals surface area contributed by atoms with Gasteiger partial charge in [0.25, 0.3) is 0 Å². The maximum Gasteiger partial charge on any atom is 0.0773 e. The summed E-state index contributed by atoms with van der Waals surface area (Å²) in [5.41, 5.74) is 0. The number of hydrogen-bond donors (Lipinski definition) is 2. The van der Waals surface area contributed by atoms with Crippen LogP contribution in [0.3, 0.4) is 0 Å². The van der Waals surface area contributed by atoms with Gasteiger partial charge in [-0.25, -0.2) is 0 Å². The third-order valence-electron chi connectivity index (χ3n) is 0.954. The number of hydrogen-bond acceptors (Lipinski definition) is 2. The Hall–Kier alpha value is 0.270. The van der Waals surface area contributed by atoms with Crippen molar-refractivity contribution in [1.29, 1.82) is 0 Å². The summed E-state index contributed by atoms with van der Waals surface area (Å²) in [5, 5.41) is 17.1. The Balaban J connectivity index is 0. The summed E-state index contributed by atoms with van der Waals surface area (Å²) in [7, 11) is 0. The lowest BCUT2D eigenvalue weighted by Crippen LogP contribution is -2.14. The van der Waals surface area contributed by atoms with E-state index < -0.39 is 6.10 Å². The predicted octanol–water partition coefficient (Wildman–Crippen LogP) is 0.498. The Morgan fingerprint density at radius 1 is 1.33 bits per heavy atom. The summed E-state index contributed by atoms with van der Waals surface area (Å²) >= 11 is 0. The van der Waals surface area contributed by atoms with Crippen molar-refractivity contribution in [3.63, 3.8) is 0 Å². The van der Waals surface area contributed by atoms with Gasteiger partial charge >= 0.3 is 0 Å². The van der Waals surface area contributed by atoms with Crippen LogP contribution in [0.4, 0.5) is 0 Å². The van der Waals surface area contributed by atoms with Crippen LogP contribution < -0.4 is 0 Å². The average Bonchev–Trinajstić information content (AvgIpc) is 1.65. The van der Waals surface area contributed by atoms with Crippen LogP contribution in [-0.2, 0) is 0 Å². The molecule has 0 fully saturated rings. The van der Waals surface area contributed by atoms with Gasteiger partial charge in [0.1, 0.15) is 0 Å². The number of aliphatic hydroxyl groups is 2. The Bertz CT molecular complexity index is 57.0. The molecule has 0 amide bonds. The molecule has 0 saturated carbocycles. The molecule has 9 heavy (non-hydrogen) atoms. The van der Waals surface area contributed by atoms with Gasteiger partial charge in [0.05, 0.1) is 12.7 Å². The van der Waals surface area contributed by atoms with Gasteiger partial charge < -0.3 is 10.2 Å². The molecule has 2 N–H and O–H groups in total. The van der Waals surface area contributed by atoms with Gasteiger partial charge in [-0.1, -0.05) is 13.8 Å². The van der Waals surface area contributed by atoms with Crippen LogP contribution in [0, 0.1) is 5.92 Å². The Morgan fingerprint density at radius 2 is 1.78 bits per heavy atom. The first-order valence-corrected chi connectivity index (χ1v) is 2.95. The molecule has 2 nitrogen and oxygen atoms in total. The minimum Gasteiger partial charge on any atom is -0.394 e. The molecule has 0 aromatic rings. The summed E-state index contributed by atoms with van der Waals surface area (Å²) in [6.07, 6.45) is 0.172. The zero-order chi connectivity index (χ0) is 6.57. The van der Waals surface area contributed by atoms with Gasteiger partial charge in [-0.05, 0) is 12.3 Å². The molecule has 0 aromatic carbocycles. The van der Waals surface area contributed by atoms with Crippen molar-refractivity contribution in [3.8, 4) is 0 Å². The lowest BCUT2D eigenvalue weighted by molar-refractivity contribution is 0.0782. The van der Waals surface area contributed by atoms with E-state index in [2.05, 4.69) is 0 Å². The molecule has 1 atom stereocenters. The molecule has 0 aliphatic heterocycles. The quantitative estimate of drug-likeness (QED) is 0.618. The summed E-state index contributed by atoms with van der Waals surface area (Å²) in [4.78, 5) is 0. The molecule has 0 rings (SSSR count). The van der Waals surface area contributed by atoms with Gasteiger partial charge in [-0.2, -0.15) is 13.5 Å². The van der Waals surface area contributed by atoms with Crippen molar-refractivity contribution >= 4 is 13.5 Å². The van der Waals surface area contributed by atoms with Gasteiger partial charge in [0, 0.05) is 0 Å². The zero-order valence-corrected chi connectivity index (χ0v) is 6.96. The highest BCUT2D eigenvalue weighted by Crippen LogP contribution is 2.02. The molecule has 0 unspecified atom stereocenters. The zero-order valence-electron chi connectivity index (χ0n) is 5.96. The van der Waals surface area contributed by atoms with Crippen LogP contribution >= 0.6 is 13.5 Å². The van der Waals surface area contributed by atoms with Crippen molar-refractivity contribution in [2.24, 2.45) is 5.92 Å². The largest absolute Gasteiger partial charge is 0.394 e. The monoisotopic (exact) mass is 152 g/mol. The van der Waals surface area contributed by atoms with Crippen molar-refractivity contribution in [2.75, 3.05) is 6.61 Å². The minimum absolute atomic E-state index is 0. The van der Waals surface area contributed by atoms with E-state index in [1.807, 2.05) is 13.8 Å². The molecule has 0 bridgehead atoms. The van der Waals surface area contributed by atoms with E-state index in [1.165, 1.54) is 0 Å². The fourth-order valence-corrected chi connectivity index (χ4v) is 0.619. The summed E-state index contributed by atoms with van der Waals surface area (Å²) in [6.45, 7) is 3.91. The third-order valence-corrected chi connectivity index (χ3v) is 0.954. The molecular weight excluding hydrogens is 136 g/mol. The predicted molar refractivity (Wildman–Crippen MR) is 42.9 cm³/mol. The molecular formula is C6H16O2S. The van der Waals surface area contributed by atoms with Crippen molar-refractivity contribution in [2.45, 2.75) is 26.4 Å². The Labute approximate surface area is 63.3 Å². The summed E-state index contributed by atoms with van der Waals surface area (Å²) in [5.74, 6) is 0.470. The van der Waals surface area contributed by atoms with E-state index in [1.54, 1.807) is 0 Å². The van der Waals surface area contributed by atoms with Gasteiger partial charge in [0.2, 0.25) is 0 Å². The van der Waals surface area contributed by atoms with Crippen LogP contribution in [0.15, 0.2) is 0 Å². The second-order valence-corrected chi connectivity index (χ2v) is 2.47. The fraction of sp³-hybridized carbons (Fsp3) is 1.00. The SMILES string of the molecule is CC(C)C[C@H](O)CO.S. The van der Waals surface area contributed by atoms with Gasteiger partial charge in [0.15, 0.2) is 0 Å². The van der Waals surface area contributed by atoms with Crippen molar-refractivity contribution < 1.29 is 10.2 Å². The lowest BCUT2D eigenvalue weighted by atomic mass is 10.1. The van der Waals surface area contributed by atoms with Crippen LogP contribution in [0.2, 0.25) is 0 Å². The molecule has 3 heteroatoms.